The Bertz CT molecular complexity index is 1720. The van der Waals surface area contributed by atoms with E-state index in [4.69, 9.17) is 23.2 Å². The van der Waals surface area contributed by atoms with Gasteiger partial charge in [0.2, 0.25) is 11.8 Å². The number of sulfonamides is 1. The first kappa shape index (κ1) is 33.0. The third-order valence-corrected chi connectivity index (χ3v) is 9.48. The van der Waals surface area contributed by atoms with Crippen LogP contribution >= 0.6 is 23.2 Å². The largest absolute Gasteiger partial charge is 0.355 e. The van der Waals surface area contributed by atoms with Gasteiger partial charge in [-0.05, 0) is 61.4 Å². The Morgan fingerprint density at radius 3 is 2.16 bits per heavy atom. The summed E-state index contributed by atoms with van der Waals surface area (Å²) in [6.45, 7) is 3.01. The molecule has 0 fully saturated rings. The van der Waals surface area contributed by atoms with Crippen LogP contribution in [-0.2, 0) is 32.6 Å². The molecular weight excluding hydrogens is 624 g/mol. The molecule has 230 valence electrons. The average Bonchev–Trinajstić information content (AvgIpc) is 3.00. The zero-order valence-electron chi connectivity index (χ0n) is 24.2. The van der Waals surface area contributed by atoms with Gasteiger partial charge in [-0.1, -0.05) is 89.4 Å². The van der Waals surface area contributed by atoms with E-state index in [2.05, 4.69) is 5.32 Å². The molecule has 2 amide bonds. The van der Waals surface area contributed by atoms with Gasteiger partial charge in [0, 0.05) is 19.5 Å². The second kappa shape index (κ2) is 14.7. The molecule has 0 spiro atoms. The summed E-state index contributed by atoms with van der Waals surface area (Å²) in [7, 11) is -4.42. The molecule has 0 bridgehead atoms. The van der Waals surface area contributed by atoms with Crippen molar-refractivity contribution in [2.45, 2.75) is 37.8 Å². The minimum absolute atomic E-state index is 0.0972. The predicted octanol–water partition coefficient (Wildman–Crippen LogP) is 6.41. The van der Waals surface area contributed by atoms with E-state index in [1.54, 1.807) is 37.3 Å². The van der Waals surface area contributed by atoms with Gasteiger partial charge in [-0.3, -0.25) is 13.9 Å². The highest BCUT2D eigenvalue weighted by Gasteiger charge is 2.35. The van der Waals surface area contributed by atoms with Crippen molar-refractivity contribution in [1.29, 1.82) is 0 Å². The highest BCUT2D eigenvalue weighted by Crippen LogP contribution is 2.28. The van der Waals surface area contributed by atoms with Crippen molar-refractivity contribution in [1.82, 2.24) is 10.2 Å². The fraction of sp³-hybridized carbons (Fsp3) is 0.212. The van der Waals surface area contributed by atoms with Crippen LogP contribution in [0.5, 0.6) is 0 Å². The van der Waals surface area contributed by atoms with Gasteiger partial charge >= 0.3 is 0 Å². The monoisotopic (exact) mass is 655 g/mol. The number of para-hydroxylation sites is 1. The van der Waals surface area contributed by atoms with Crippen molar-refractivity contribution in [2.24, 2.45) is 0 Å². The zero-order valence-corrected chi connectivity index (χ0v) is 26.5. The van der Waals surface area contributed by atoms with Crippen LogP contribution in [0.4, 0.5) is 10.1 Å². The number of halogens is 3. The number of likely N-dealkylation sites (N-methyl/N-ethyl adjacent to an activating group) is 1. The van der Waals surface area contributed by atoms with Crippen molar-refractivity contribution in [3.05, 3.63) is 130 Å². The van der Waals surface area contributed by atoms with Crippen LogP contribution in [0, 0.1) is 12.7 Å². The SMILES string of the molecule is CCNC(=O)[C@@H](Cc1ccccc1)N(Cc1ccc(Cl)c(Cl)c1)C(=O)CN(c1ccccc1F)S(=O)(=O)c1ccc(C)cc1. The first-order valence-electron chi connectivity index (χ1n) is 13.9. The minimum Gasteiger partial charge on any atom is -0.355 e. The van der Waals surface area contributed by atoms with Crippen molar-refractivity contribution < 1.29 is 22.4 Å². The van der Waals surface area contributed by atoms with E-state index >= 15 is 4.39 Å². The molecule has 0 aliphatic carbocycles. The third kappa shape index (κ3) is 7.96. The maximum Gasteiger partial charge on any atom is 0.264 e. The molecule has 0 radical (unpaired) electrons. The first-order valence-corrected chi connectivity index (χ1v) is 16.1. The lowest BCUT2D eigenvalue weighted by Crippen LogP contribution is -2.53. The summed E-state index contributed by atoms with van der Waals surface area (Å²) < 4.78 is 43.9. The van der Waals surface area contributed by atoms with Crippen LogP contribution in [-0.4, -0.2) is 44.3 Å². The van der Waals surface area contributed by atoms with Gasteiger partial charge in [0.05, 0.1) is 20.6 Å². The Morgan fingerprint density at radius 2 is 1.52 bits per heavy atom. The van der Waals surface area contributed by atoms with Gasteiger partial charge in [-0.15, -0.1) is 0 Å². The van der Waals surface area contributed by atoms with Crippen LogP contribution in [0.1, 0.15) is 23.6 Å². The van der Waals surface area contributed by atoms with Crippen molar-refractivity contribution >= 4 is 50.7 Å². The van der Waals surface area contributed by atoms with Crippen molar-refractivity contribution in [2.75, 3.05) is 17.4 Å². The number of rotatable bonds is 12. The average molecular weight is 657 g/mol. The van der Waals surface area contributed by atoms with E-state index < -0.39 is 40.2 Å². The smallest absolute Gasteiger partial charge is 0.264 e. The highest BCUT2D eigenvalue weighted by molar-refractivity contribution is 7.92. The molecule has 1 N–H and O–H groups in total. The summed E-state index contributed by atoms with van der Waals surface area (Å²) in [5, 5.41) is 3.36. The number of carbonyl (C=O) groups is 2. The Balaban J connectivity index is 1.82. The number of hydrogen-bond acceptors (Lipinski definition) is 4. The second-order valence-corrected chi connectivity index (χ2v) is 12.8. The van der Waals surface area contributed by atoms with Crippen LogP contribution in [0.3, 0.4) is 0 Å². The van der Waals surface area contributed by atoms with Gasteiger partial charge in [-0.2, -0.15) is 0 Å². The Kier molecular flexibility index (Phi) is 11.0. The fourth-order valence-electron chi connectivity index (χ4n) is 4.69. The standard InChI is InChI=1S/C33H32Cl2FN3O4S/c1-3-37-33(41)31(20-24-9-5-4-6-10-24)38(21-25-15-18-27(34)28(35)19-25)32(40)22-39(30-12-8-7-11-29(30)36)44(42,43)26-16-13-23(2)14-17-26/h4-19,31H,3,20-22H2,1-2H3,(H,37,41)/t31-/m1/s1. The zero-order chi connectivity index (χ0) is 31.9. The van der Waals surface area contributed by atoms with Crippen LogP contribution in [0.15, 0.2) is 102 Å². The maximum atomic E-state index is 15.2. The van der Waals surface area contributed by atoms with Gasteiger partial charge in [0.1, 0.15) is 18.4 Å². The van der Waals surface area contributed by atoms with E-state index in [0.717, 1.165) is 21.5 Å². The molecule has 0 aromatic heterocycles. The lowest BCUT2D eigenvalue weighted by Gasteiger charge is -2.34. The summed E-state index contributed by atoms with van der Waals surface area (Å²) in [4.78, 5) is 29.0. The molecule has 4 aromatic rings. The molecule has 1 atom stereocenters. The molecule has 11 heteroatoms. The fourth-order valence-corrected chi connectivity index (χ4v) is 6.43. The number of nitrogens with one attached hydrogen (secondary N) is 1. The number of carbonyl (C=O) groups excluding carboxylic acids is 2. The van der Waals surface area contributed by atoms with E-state index in [1.165, 1.54) is 35.2 Å². The van der Waals surface area contributed by atoms with Gasteiger partial charge < -0.3 is 10.2 Å². The molecule has 0 aliphatic rings. The Morgan fingerprint density at radius 1 is 0.864 bits per heavy atom. The highest BCUT2D eigenvalue weighted by atomic mass is 35.5. The number of aryl methyl sites for hydroxylation is 1. The molecule has 7 nitrogen and oxygen atoms in total. The Labute approximate surface area is 267 Å². The summed E-state index contributed by atoms with van der Waals surface area (Å²) in [5.41, 5.74) is 1.88. The van der Waals surface area contributed by atoms with Gasteiger partial charge in [0.25, 0.3) is 10.0 Å². The number of amides is 2. The van der Waals surface area contributed by atoms with Gasteiger partial charge in [-0.25, -0.2) is 12.8 Å². The minimum atomic E-state index is -4.42. The van der Waals surface area contributed by atoms with E-state index in [9.17, 15) is 18.0 Å². The van der Waals surface area contributed by atoms with Crippen molar-refractivity contribution in [3.8, 4) is 0 Å². The molecule has 0 aliphatic heterocycles. The van der Waals surface area contributed by atoms with Crippen LogP contribution in [0.25, 0.3) is 0 Å². The molecular formula is C33H32Cl2FN3O4S. The summed E-state index contributed by atoms with van der Waals surface area (Å²) in [5.74, 6) is -1.97. The Hall–Kier alpha value is -3.92. The maximum absolute atomic E-state index is 15.2. The molecule has 4 aromatic carbocycles. The predicted molar refractivity (Wildman–Crippen MR) is 172 cm³/mol. The third-order valence-electron chi connectivity index (χ3n) is 6.97. The molecule has 44 heavy (non-hydrogen) atoms. The number of benzene rings is 4. The number of nitrogens with zero attached hydrogens (tertiary/aromatic N) is 2. The quantitative estimate of drug-likeness (QED) is 0.191. The molecule has 0 unspecified atom stereocenters. The number of anilines is 1. The topological polar surface area (TPSA) is 86.8 Å². The normalized spacial score (nSPS) is 11.9. The van der Waals surface area contributed by atoms with E-state index in [0.29, 0.717) is 17.1 Å². The molecule has 4 rings (SSSR count). The van der Waals surface area contributed by atoms with Crippen LogP contribution < -0.4 is 9.62 Å². The second-order valence-electron chi connectivity index (χ2n) is 10.1. The molecule has 0 saturated heterocycles. The summed E-state index contributed by atoms with van der Waals surface area (Å²) in [6, 6.07) is 24.3. The van der Waals surface area contributed by atoms with Crippen LogP contribution in [0.2, 0.25) is 10.0 Å². The first-order chi connectivity index (χ1) is 21.0. The van der Waals surface area contributed by atoms with Crippen molar-refractivity contribution in [3.63, 3.8) is 0 Å². The summed E-state index contributed by atoms with van der Waals surface area (Å²) >= 11 is 12.4. The van der Waals surface area contributed by atoms with E-state index in [-0.39, 0.29) is 28.6 Å². The van der Waals surface area contributed by atoms with E-state index in [1.807, 2.05) is 37.3 Å². The number of hydrogen-bond donors (Lipinski definition) is 1. The molecule has 0 saturated carbocycles. The lowest BCUT2D eigenvalue weighted by atomic mass is 10.0. The summed E-state index contributed by atoms with van der Waals surface area (Å²) in [6.07, 6.45) is 0.143. The van der Waals surface area contributed by atoms with Gasteiger partial charge in [0.15, 0.2) is 0 Å². The molecule has 0 heterocycles. The lowest BCUT2D eigenvalue weighted by molar-refractivity contribution is -0.140.